The van der Waals surface area contributed by atoms with Gasteiger partial charge in [-0.25, -0.2) is 4.79 Å². The number of benzene rings is 1. The number of rotatable bonds is 19. The SMILES string of the molecule is CCCCCCCC/C=C\CCCCCCCC(=O)N[C@@H](CC1CNc2ccccc21)C(=O)O. The van der Waals surface area contributed by atoms with E-state index in [4.69, 9.17) is 0 Å². The first-order valence-electron chi connectivity index (χ1n) is 13.6. The van der Waals surface area contributed by atoms with Crippen LogP contribution in [0.25, 0.3) is 0 Å². The minimum absolute atomic E-state index is 0.109. The van der Waals surface area contributed by atoms with Gasteiger partial charge in [-0.2, -0.15) is 0 Å². The molecule has 2 atom stereocenters. The highest BCUT2D eigenvalue weighted by Crippen LogP contribution is 2.34. The van der Waals surface area contributed by atoms with Crippen molar-refractivity contribution in [1.29, 1.82) is 0 Å². The van der Waals surface area contributed by atoms with E-state index < -0.39 is 12.0 Å². The van der Waals surface area contributed by atoms with Crippen LogP contribution in [0.4, 0.5) is 5.69 Å². The molecule has 5 nitrogen and oxygen atoms in total. The van der Waals surface area contributed by atoms with Crippen molar-refractivity contribution in [3.63, 3.8) is 0 Å². The molecule has 0 aliphatic carbocycles. The van der Waals surface area contributed by atoms with Crippen LogP contribution in [-0.2, 0) is 9.59 Å². The quantitative estimate of drug-likeness (QED) is 0.148. The van der Waals surface area contributed by atoms with Crippen molar-refractivity contribution < 1.29 is 14.7 Å². The van der Waals surface area contributed by atoms with Crippen molar-refractivity contribution in [3.8, 4) is 0 Å². The molecule has 1 aromatic carbocycles. The lowest BCUT2D eigenvalue weighted by Crippen LogP contribution is -2.41. The molecule has 1 unspecified atom stereocenters. The highest BCUT2D eigenvalue weighted by atomic mass is 16.4. The number of aliphatic carboxylic acids is 1. The van der Waals surface area contributed by atoms with Crippen LogP contribution in [0.2, 0.25) is 0 Å². The van der Waals surface area contributed by atoms with Crippen molar-refractivity contribution in [2.24, 2.45) is 0 Å². The zero-order valence-corrected chi connectivity index (χ0v) is 21.2. The lowest BCUT2D eigenvalue weighted by Gasteiger charge is -2.18. The molecule has 1 aliphatic rings. The first-order chi connectivity index (χ1) is 16.6. The van der Waals surface area contributed by atoms with Gasteiger partial charge in [0.25, 0.3) is 0 Å². The van der Waals surface area contributed by atoms with E-state index >= 15 is 0 Å². The van der Waals surface area contributed by atoms with E-state index in [2.05, 4.69) is 29.7 Å². The molecule has 0 saturated heterocycles. The summed E-state index contributed by atoms with van der Waals surface area (Å²) in [4.78, 5) is 24.0. The third kappa shape index (κ3) is 11.2. The molecule has 1 aromatic rings. The smallest absolute Gasteiger partial charge is 0.326 e. The molecule has 1 aliphatic heterocycles. The van der Waals surface area contributed by atoms with Gasteiger partial charge < -0.3 is 15.7 Å². The molecule has 1 amide bonds. The number of carbonyl (C=O) groups is 2. The van der Waals surface area contributed by atoms with Crippen molar-refractivity contribution in [2.75, 3.05) is 11.9 Å². The van der Waals surface area contributed by atoms with Gasteiger partial charge in [-0.15, -0.1) is 0 Å². The number of carbonyl (C=O) groups excluding carboxylic acids is 1. The van der Waals surface area contributed by atoms with E-state index in [1.165, 1.54) is 57.8 Å². The lowest BCUT2D eigenvalue weighted by molar-refractivity contribution is -0.142. The van der Waals surface area contributed by atoms with Gasteiger partial charge in [0, 0.05) is 24.6 Å². The number of hydrogen-bond donors (Lipinski definition) is 3. The highest BCUT2D eigenvalue weighted by molar-refractivity contribution is 5.83. The van der Waals surface area contributed by atoms with E-state index in [9.17, 15) is 14.7 Å². The van der Waals surface area contributed by atoms with Gasteiger partial charge in [-0.1, -0.05) is 88.6 Å². The maximum Gasteiger partial charge on any atom is 0.326 e. The normalized spacial score (nSPS) is 15.7. The van der Waals surface area contributed by atoms with Crippen LogP contribution in [0.1, 0.15) is 115 Å². The molecule has 0 radical (unpaired) electrons. The van der Waals surface area contributed by atoms with Crippen LogP contribution < -0.4 is 10.6 Å². The van der Waals surface area contributed by atoms with Gasteiger partial charge in [0.15, 0.2) is 0 Å². The number of carboxylic acids is 1. The van der Waals surface area contributed by atoms with Gasteiger partial charge in [0.2, 0.25) is 5.91 Å². The molecule has 0 aromatic heterocycles. The first-order valence-corrected chi connectivity index (χ1v) is 13.6. The Bertz CT molecular complexity index is 747. The Hall–Kier alpha value is -2.30. The van der Waals surface area contributed by atoms with E-state index in [1.807, 2.05) is 24.3 Å². The number of hydrogen-bond acceptors (Lipinski definition) is 3. The number of amides is 1. The summed E-state index contributed by atoms with van der Waals surface area (Å²) in [5, 5.41) is 15.7. The monoisotopic (exact) mass is 470 g/mol. The summed E-state index contributed by atoms with van der Waals surface area (Å²) in [7, 11) is 0. The third-order valence-electron chi connectivity index (χ3n) is 6.76. The summed E-state index contributed by atoms with van der Waals surface area (Å²) in [6.07, 6.45) is 21.3. The second-order valence-corrected chi connectivity index (χ2v) is 9.69. The van der Waals surface area contributed by atoms with Crippen molar-refractivity contribution in [3.05, 3.63) is 42.0 Å². The van der Waals surface area contributed by atoms with Crippen LogP contribution in [-0.4, -0.2) is 29.6 Å². The maximum absolute atomic E-state index is 12.3. The van der Waals surface area contributed by atoms with E-state index in [-0.39, 0.29) is 11.8 Å². The number of anilines is 1. The molecule has 0 fully saturated rings. The fourth-order valence-corrected chi connectivity index (χ4v) is 4.70. The standard InChI is InChI=1S/C29H46N2O3/c1-2-3-4-5-6-7-8-9-10-11-12-13-14-15-16-21-28(32)31-27(29(33)34)22-24-23-30-26-20-18-17-19-25(24)26/h9-10,17-20,24,27,30H,2-8,11-16,21-23H2,1H3,(H,31,32)(H,33,34)/b10-9-/t24?,27-/m0/s1. The Morgan fingerprint density at radius 3 is 2.26 bits per heavy atom. The van der Waals surface area contributed by atoms with Gasteiger partial charge in [0.1, 0.15) is 6.04 Å². The summed E-state index contributed by atoms with van der Waals surface area (Å²) < 4.78 is 0. The van der Waals surface area contributed by atoms with Gasteiger partial charge in [0.05, 0.1) is 0 Å². The minimum Gasteiger partial charge on any atom is -0.480 e. The molecule has 1 heterocycles. The zero-order valence-electron chi connectivity index (χ0n) is 21.2. The zero-order chi connectivity index (χ0) is 24.4. The fourth-order valence-electron chi connectivity index (χ4n) is 4.70. The Balaban J connectivity index is 1.49. The maximum atomic E-state index is 12.3. The van der Waals surface area contributed by atoms with Crippen LogP contribution in [0.15, 0.2) is 36.4 Å². The molecular formula is C29H46N2O3. The molecule has 0 spiro atoms. The van der Waals surface area contributed by atoms with Gasteiger partial charge >= 0.3 is 5.97 Å². The van der Waals surface area contributed by atoms with Crippen LogP contribution >= 0.6 is 0 Å². The summed E-state index contributed by atoms with van der Waals surface area (Å²) in [6, 6.07) is 7.15. The average molecular weight is 471 g/mol. The third-order valence-corrected chi connectivity index (χ3v) is 6.76. The molecule has 0 saturated carbocycles. The topological polar surface area (TPSA) is 78.4 Å². The predicted octanol–water partition coefficient (Wildman–Crippen LogP) is 7.19. The molecule has 190 valence electrons. The highest BCUT2D eigenvalue weighted by Gasteiger charge is 2.29. The molecule has 5 heteroatoms. The average Bonchev–Trinajstić information content (AvgIpc) is 3.24. The number of nitrogens with one attached hydrogen (secondary N) is 2. The Morgan fingerprint density at radius 1 is 0.971 bits per heavy atom. The molecule has 3 N–H and O–H groups in total. The van der Waals surface area contributed by atoms with Gasteiger partial charge in [-0.3, -0.25) is 4.79 Å². The summed E-state index contributed by atoms with van der Waals surface area (Å²) in [5.41, 5.74) is 2.21. The molecule has 34 heavy (non-hydrogen) atoms. The largest absolute Gasteiger partial charge is 0.480 e. The molecular weight excluding hydrogens is 424 g/mol. The summed E-state index contributed by atoms with van der Waals surface area (Å²) >= 11 is 0. The van der Waals surface area contributed by atoms with Crippen molar-refractivity contribution >= 4 is 17.6 Å². The first kappa shape index (κ1) is 27.9. The summed E-state index contributed by atoms with van der Waals surface area (Å²) in [5.74, 6) is -0.996. The Labute approximate surface area is 206 Å². The van der Waals surface area contributed by atoms with Crippen LogP contribution in [0, 0.1) is 0 Å². The number of fused-ring (bicyclic) bond motifs is 1. The van der Waals surface area contributed by atoms with Gasteiger partial charge in [-0.05, 0) is 50.2 Å². The number of carboxylic acid groups (broad SMARTS) is 1. The number of allylic oxidation sites excluding steroid dienone is 2. The lowest BCUT2D eigenvalue weighted by atomic mass is 9.94. The van der Waals surface area contributed by atoms with E-state index in [0.29, 0.717) is 19.4 Å². The van der Waals surface area contributed by atoms with E-state index in [0.717, 1.165) is 36.9 Å². The second-order valence-electron chi connectivity index (χ2n) is 9.69. The van der Waals surface area contributed by atoms with Crippen molar-refractivity contribution in [1.82, 2.24) is 5.32 Å². The molecule has 0 bridgehead atoms. The summed E-state index contributed by atoms with van der Waals surface area (Å²) in [6.45, 7) is 2.97. The minimum atomic E-state index is -0.956. The van der Waals surface area contributed by atoms with Crippen LogP contribution in [0.3, 0.4) is 0 Å². The predicted molar refractivity (Wildman–Crippen MR) is 141 cm³/mol. The van der Waals surface area contributed by atoms with Crippen LogP contribution in [0.5, 0.6) is 0 Å². The Morgan fingerprint density at radius 2 is 1.59 bits per heavy atom. The number of unbranched alkanes of at least 4 members (excludes halogenated alkanes) is 11. The number of para-hydroxylation sites is 1. The molecule has 2 rings (SSSR count). The van der Waals surface area contributed by atoms with E-state index in [1.54, 1.807) is 0 Å². The second kappa shape index (κ2) is 17.2. The fraction of sp³-hybridized carbons (Fsp3) is 0.655. The van der Waals surface area contributed by atoms with Crippen molar-refractivity contribution in [2.45, 2.75) is 115 Å². The Kier molecular flexibility index (Phi) is 14.1.